The lowest BCUT2D eigenvalue weighted by atomic mass is 10.2. The van der Waals surface area contributed by atoms with Crippen LogP contribution in [0.1, 0.15) is 24.7 Å². The van der Waals surface area contributed by atoms with Crippen molar-refractivity contribution in [1.29, 1.82) is 0 Å². The summed E-state index contributed by atoms with van der Waals surface area (Å²) in [7, 11) is 1.70. The Labute approximate surface area is 117 Å². The van der Waals surface area contributed by atoms with Gasteiger partial charge >= 0.3 is 0 Å². The van der Waals surface area contributed by atoms with Gasteiger partial charge in [-0.3, -0.25) is 4.98 Å². The number of hydrogen-bond donors (Lipinski definition) is 0. The highest BCUT2D eigenvalue weighted by Crippen LogP contribution is 2.33. The molecule has 1 atom stereocenters. The highest BCUT2D eigenvalue weighted by Gasteiger charge is 2.30. The third-order valence-electron chi connectivity index (χ3n) is 3.58. The Balaban J connectivity index is 1.84. The smallest absolute Gasteiger partial charge is 0.155 e. The van der Waals surface area contributed by atoms with Gasteiger partial charge in [0.05, 0.1) is 18.8 Å². The standard InChI is InChI=1S/C13H18N6O/c1-20-8-7-18-10-16-17-13(18)11-3-2-6-19(11)12-9-14-4-5-15-12/h4-5,9-11H,2-3,6-8H2,1H3. The Morgan fingerprint density at radius 3 is 3.15 bits per heavy atom. The zero-order valence-electron chi connectivity index (χ0n) is 11.5. The highest BCUT2D eigenvalue weighted by atomic mass is 16.5. The molecule has 2 aromatic heterocycles. The second kappa shape index (κ2) is 5.96. The summed E-state index contributed by atoms with van der Waals surface area (Å²) in [5, 5.41) is 8.34. The van der Waals surface area contributed by atoms with E-state index >= 15 is 0 Å². The average Bonchev–Trinajstić information content (AvgIpc) is 3.14. The molecule has 20 heavy (non-hydrogen) atoms. The number of hydrogen-bond acceptors (Lipinski definition) is 6. The summed E-state index contributed by atoms with van der Waals surface area (Å²) in [6.45, 7) is 2.40. The van der Waals surface area contributed by atoms with Crippen LogP contribution in [0.2, 0.25) is 0 Å². The van der Waals surface area contributed by atoms with Gasteiger partial charge in [0.1, 0.15) is 12.1 Å². The first-order valence-corrected chi connectivity index (χ1v) is 6.79. The maximum Gasteiger partial charge on any atom is 0.155 e. The van der Waals surface area contributed by atoms with E-state index in [4.69, 9.17) is 4.74 Å². The van der Waals surface area contributed by atoms with Crippen molar-refractivity contribution in [3.05, 3.63) is 30.7 Å². The molecule has 3 heterocycles. The predicted molar refractivity (Wildman–Crippen MR) is 73.3 cm³/mol. The van der Waals surface area contributed by atoms with E-state index in [0.29, 0.717) is 6.61 Å². The first kappa shape index (κ1) is 13.0. The molecule has 1 aliphatic heterocycles. The molecule has 1 fully saturated rings. The maximum absolute atomic E-state index is 5.13. The number of nitrogens with zero attached hydrogens (tertiary/aromatic N) is 6. The van der Waals surface area contributed by atoms with Gasteiger partial charge in [-0.25, -0.2) is 4.98 Å². The van der Waals surface area contributed by atoms with Gasteiger partial charge in [-0.2, -0.15) is 0 Å². The molecule has 0 bridgehead atoms. The van der Waals surface area contributed by atoms with Gasteiger partial charge < -0.3 is 14.2 Å². The summed E-state index contributed by atoms with van der Waals surface area (Å²) in [6.07, 6.45) is 9.16. The fraction of sp³-hybridized carbons (Fsp3) is 0.538. The Morgan fingerprint density at radius 2 is 2.35 bits per heavy atom. The Kier molecular flexibility index (Phi) is 3.87. The molecule has 0 aliphatic carbocycles. The minimum absolute atomic E-state index is 0.214. The molecule has 0 N–H and O–H groups in total. The zero-order chi connectivity index (χ0) is 13.8. The Bertz CT molecular complexity index is 543. The number of ether oxygens (including phenoxy) is 1. The monoisotopic (exact) mass is 274 g/mol. The highest BCUT2D eigenvalue weighted by molar-refractivity contribution is 5.39. The minimum atomic E-state index is 0.214. The maximum atomic E-state index is 5.13. The van der Waals surface area contributed by atoms with Crippen molar-refractivity contribution in [2.24, 2.45) is 0 Å². The topological polar surface area (TPSA) is 69.0 Å². The summed E-state index contributed by atoms with van der Waals surface area (Å²) in [6, 6.07) is 0.214. The fourth-order valence-electron chi connectivity index (χ4n) is 2.63. The van der Waals surface area contributed by atoms with Gasteiger partial charge in [0.15, 0.2) is 5.82 Å². The van der Waals surface area contributed by atoms with E-state index in [1.807, 2.05) is 0 Å². The Hall–Kier alpha value is -2.02. The van der Waals surface area contributed by atoms with Gasteiger partial charge in [-0.15, -0.1) is 10.2 Å². The first-order chi connectivity index (χ1) is 9.90. The number of aromatic nitrogens is 5. The second-order valence-corrected chi connectivity index (χ2v) is 4.79. The first-order valence-electron chi connectivity index (χ1n) is 6.79. The van der Waals surface area contributed by atoms with E-state index < -0.39 is 0 Å². The second-order valence-electron chi connectivity index (χ2n) is 4.79. The van der Waals surface area contributed by atoms with E-state index in [-0.39, 0.29) is 6.04 Å². The molecular formula is C13H18N6O. The number of methoxy groups -OCH3 is 1. The van der Waals surface area contributed by atoms with E-state index in [9.17, 15) is 0 Å². The molecule has 1 unspecified atom stereocenters. The van der Waals surface area contributed by atoms with Crippen LogP contribution in [0.15, 0.2) is 24.9 Å². The lowest BCUT2D eigenvalue weighted by molar-refractivity contribution is 0.185. The van der Waals surface area contributed by atoms with Crippen LogP contribution in [0, 0.1) is 0 Å². The molecule has 2 aromatic rings. The van der Waals surface area contributed by atoms with Crippen molar-refractivity contribution in [2.45, 2.75) is 25.4 Å². The molecule has 0 amide bonds. The molecule has 0 aromatic carbocycles. The summed E-state index contributed by atoms with van der Waals surface area (Å²) in [4.78, 5) is 10.8. The Morgan fingerprint density at radius 1 is 1.40 bits per heavy atom. The summed E-state index contributed by atoms with van der Waals surface area (Å²) in [5.74, 6) is 1.88. The van der Waals surface area contributed by atoms with E-state index in [1.165, 1.54) is 0 Å². The molecule has 0 spiro atoms. The van der Waals surface area contributed by atoms with Crippen molar-refractivity contribution in [3.63, 3.8) is 0 Å². The fourth-order valence-corrected chi connectivity index (χ4v) is 2.63. The molecule has 1 aliphatic rings. The van der Waals surface area contributed by atoms with Crippen molar-refractivity contribution < 1.29 is 4.74 Å². The predicted octanol–water partition coefficient (Wildman–Crippen LogP) is 1.06. The lowest BCUT2D eigenvalue weighted by Gasteiger charge is -2.24. The van der Waals surface area contributed by atoms with E-state index in [2.05, 4.69) is 29.6 Å². The van der Waals surface area contributed by atoms with Crippen LogP contribution in [0.3, 0.4) is 0 Å². The van der Waals surface area contributed by atoms with Gasteiger partial charge in [0.25, 0.3) is 0 Å². The van der Waals surface area contributed by atoms with Gasteiger partial charge in [0, 0.05) is 32.6 Å². The van der Waals surface area contributed by atoms with Crippen LogP contribution in [0.25, 0.3) is 0 Å². The van der Waals surface area contributed by atoms with Gasteiger partial charge in [0.2, 0.25) is 0 Å². The molecular weight excluding hydrogens is 256 g/mol. The molecule has 0 radical (unpaired) electrons. The summed E-state index contributed by atoms with van der Waals surface area (Å²) in [5.41, 5.74) is 0. The van der Waals surface area contributed by atoms with Crippen LogP contribution in [0.5, 0.6) is 0 Å². The summed E-state index contributed by atoms with van der Waals surface area (Å²) < 4.78 is 7.19. The van der Waals surface area contributed by atoms with E-state index in [1.54, 1.807) is 32.0 Å². The molecule has 3 rings (SSSR count). The van der Waals surface area contributed by atoms with Crippen molar-refractivity contribution in [2.75, 3.05) is 25.2 Å². The average molecular weight is 274 g/mol. The largest absolute Gasteiger partial charge is 0.383 e. The number of rotatable bonds is 5. The van der Waals surface area contributed by atoms with Crippen LogP contribution < -0.4 is 4.90 Å². The van der Waals surface area contributed by atoms with E-state index in [0.717, 1.165) is 37.6 Å². The van der Waals surface area contributed by atoms with Crippen LogP contribution in [0.4, 0.5) is 5.82 Å². The van der Waals surface area contributed by atoms with Gasteiger partial charge in [-0.05, 0) is 12.8 Å². The SMILES string of the molecule is COCCn1cnnc1C1CCCN1c1cnccn1. The molecule has 7 nitrogen and oxygen atoms in total. The molecule has 106 valence electrons. The summed E-state index contributed by atoms with van der Waals surface area (Å²) >= 11 is 0. The third-order valence-corrected chi connectivity index (χ3v) is 3.58. The van der Waals surface area contributed by atoms with Crippen molar-refractivity contribution in [1.82, 2.24) is 24.7 Å². The van der Waals surface area contributed by atoms with Crippen molar-refractivity contribution in [3.8, 4) is 0 Å². The van der Waals surface area contributed by atoms with Crippen LogP contribution >= 0.6 is 0 Å². The third kappa shape index (κ3) is 2.49. The van der Waals surface area contributed by atoms with Crippen LogP contribution in [-0.4, -0.2) is 45.0 Å². The molecule has 0 saturated carbocycles. The van der Waals surface area contributed by atoms with Crippen molar-refractivity contribution >= 4 is 5.82 Å². The van der Waals surface area contributed by atoms with Crippen LogP contribution in [-0.2, 0) is 11.3 Å². The quantitative estimate of drug-likeness (QED) is 0.812. The van der Waals surface area contributed by atoms with Gasteiger partial charge in [-0.1, -0.05) is 0 Å². The number of anilines is 1. The normalized spacial score (nSPS) is 18.6. The zero-order valence-corrected chi connectivity index (χ0v) is 11.5. The lowest BCUT2D eigenvalue weighted by Crippen LogP contribution is -2.26. The minimum Gasteiger partial charge on any atom is -0.383 e. The molecule has 1 saturated heterocycles. The molecule has 7 heteroatoms.